The van der Waals surface area contributed by atoms with Crippen LogP contribution in [0.5, 0.6) is 0 Å². The van der Waals surface area contributed by atoms with E-state index < -0.39 is 0 Å². The molecule has 7 rings (SSSR count). The minimum Gasteiger partial charge on any atom is -0.402 e. The first-order valence-corrected chi connectivity index (χ1v) is 27.5. The molecule has 1 atom stereocenters. The fourth-order valence-corrected chi connectivity index (χ4v) is 10.3. The number of benzene rings is 4. The van der Waals surface area contributed by atoms with Crippen molar-refractivity contribution in [3.05, 3.63) is 154 Å². The van der Waals surface area contributed by atoms with Crippen molar-refractivity contribution in [2.45, 2.75) is 151 Å². The first kappa shape index (κ1) is 56.7. The number of aryl methyl sites for hydroxylation is 2. The van der Waals surface area contributed by atoms with Gasteiger partial charge in [-0.25, -0.2) is 4.98 Å². The number of nitrogens with two attached hydrogens (primary N) is 2. The number of allylic oxidation sites excluding steroid dienone is 6. The molecule has 12 heteroatoms. The number of hydrogen-bond donors (Lipinski definition) is 7. The molecule has 0 radical (unpaired) electrons. The van der Waals surface area contributed by atoms with Crippen molar-refractivity contribution in [1.82, 2.24) is 26.3 Å². The molecule has 0 spiro atoms. The van der Waals surface area contributed by atoms with Gasteiger partial charge < -0.3 is 38.1 Å². The molecule has 1 aromatic heterocycles. The van der Waals surface area contributed by atoms with E-state index in [0.29, 0.717) is 30.6 Å². The Balaban J connectivity index is 0.763. The number of nitrogens with one attached hydrogen (secondary N) is 5. The Morgan fingerprint density at radius 2 is 1.18 bits per heavy atom. The summed E-state index contributed by atoms with van der Waals surface area (Å²) in [5.74, 6) is -0.144. The lowest BCUT2D eigenvalue weighted by molar-refractivity contribution is -0.707. The van der Waals surface area contributed by atoms with Crippen molar-refractivity contribution in [2.24, 2.45) is 10.7 Å². The van der Waals surface area contributed by atoms with Crippen LogP contribution in [0.3, 0.4) is 0 Å². The van der Waals surface area contributed by atoms with Gasteiger partial charge in [-0.05, 0) is 175 Å². The summed E-state index contributed by atoms with van der Waals surface area (Å²) in [5, 5.41) is 17.2. The van der Waals surface area contributed by atoms with E-state index in [0.717, 1.165) is 154 Å². The SMILES string of the molecule is C=C1C=C(NCCCCCCNC(=O)c2ccc(-c3ccc(C(=O)NCCCCCCNc4cc5c(cc4C)nc4cc(C)c(N)cc4[n+]5C(C)(C)C)cc3)cc2)C(C)=CC1=NC1=CC(C)=C(N)CC1(C)NC(C)(C)C. The van der Waals surface area contributed by atoms with E-state index in [1.54, 1.807) is 0 Å². The first-order chi connectivity index (χ1) is 36.0. The van der Waals surface area contributed by atoms with Gasteiger partial charge in [0.2, 0.25) is 11.0 Å². The quantitative estimate of drug-likeness (QED) is 0.0164. The molecule has 9 N–H and O–H groups in total. The summed E-state index contributed by atoms with van der Waals surface area (Å²) in [6, 6.07) is 23.8. The zero-order valence-electron chi connectivity index (χ0n) is 47.4. The molecule has 1 unspecified atom stereocenters. The second-order valence-corrected chi connectivity index (χ2v) is 23.3. The van der Waals surface area contributed by atoms with Gasteiger partial charge in [0.1, 0.15) is 11.0 Å². The molecule has 5 aromatic rings. The zero-order valence-corrected chi connectivity index (χ0v) is 47.4. The summed E-state index contributed by atoms with van der Waals surface area (Å²) in [4.78, 5) is 36.1. The van der Waals surface area contributed by atoms with Gasteiger partial charge in [0.05, 0.1) is 16.9 Å². The molecular formula is C64H85N10O2+. The standard InChI is InChI=1S/C64H84N10O2/c1-41-33-55-57(38-50(41)65)74(63(9,10)11)58-39-53(44(4)36-56(58)71-55)68-30-18-14-16-20-32-70-61(76)49-27-23-47(24-28-49)46-21-25-48(26-22-46)60(75)69-31-19-15-13-17-29-67-52-34-45(5)54(35-43(52)3)72-59-37-42(2)51(66)40-64(59,12)73-62(6,7)8/h21-28,33-39,67,73H,5,13-20,29-32,40,66H2,1-4,6-12H3,(H4,65,68,69,70,75,76)/p+1. The Bertz CT molecular complexity index is 3130. The number of rotatable bonds is 21. The molecule has 76 heavy (non-hydrogen) atoms. The molecule has 2 aliphatic rings. The minimum absolute atomic E-state index is 0.0709. The number of nitrogens with zero attached hydrogens (tertiary/aromatic N) is 3. The highest BCUT2D eigenvalue weighted by Crippen LogP contribution is 2.35. The van der Waals surface area contributed by atoms with Crippen LogP contribution >= 0.6 is 0 Å². The minimum atomic E-state index is -0.389. The second-order valence-electron chi connectivity index (χ2n) is 23.3. The van der Waals surface area contributed by atoms with E-state index in [9.17, 15) is 9.59 Å². The molecule has 402 valence electrons. The van der Waals surface area contributed by atoms with Crippen molar-refractivity contribution in [3.63, 3.8) is 0 Å². The third-order valence-electron chi connectivity index (χ3n) is 14.4. The molecule has 0 saturated heterocycles. The lowest BCUT2D eigenvalue weighted by Gasteiger charge is -2.40. The Morgan fingerprint density at radius 1 is 0.671 bits per heavy atom. The number of aliphatic imine (C=N–C) groups is 1. The van der Waals surface area contributed by atoms with Gasteiger partial charge >= 0.3 is 0 Å². The Kier molecular flexibility index (Phi) is 18.1. The van der Waals surface area contributed by atoms with Gasteiger partial charge in [-0.1, -0.05) is 56.5 Å². The van der Waals surface area contributed by atoms with E-state index in [-0.39, 0.29) is 28.4 Å². The maximum atomic E-state index is 13.0. The summed E-state index contributed by atoms with van der Waals surface area (Å²) in [5.41, 5.74) is 30.3. The van der Waals surface area contributed by atoms with Crippen LogP contribution in [0.15, 0.2) is 136 Å². The predicted octanol–water partition coefficient (Wildman–Crippen LogP) is 12.1. The molecule has 4 aromatic carbocycles. The molecule has 2 aliphatic carbocycles. The first-order valence-electron chi connectivity index (χ1n) is 27.5. The van der Waals surface area contributed by atoms with Crippen LogP contribution in [0.4, 0.5) is 11.4 Å². The summed E-state index contributed by atoms with van der Waals surface area (Å²) in [6.07, 6.45) is 15.1. The maximum Gasteiger partial charge on any atom is 0.251 e. The predicted molar refractivity (Wildman–Crippen MR) is 318 cm³/mol. The molecule has 0 aliphatic heterocycles. The Labute approximate surface area is 452 Å². The lowest BCUT2D eigenvalue weighted by atomic mass is 9.83. The smallest absolute Gasteiger partial charge is 0.251 e. The number of carbonyl (C=O) groups excluding carboxylic acids is 2. The topological polar surface area (TPSA) is 175 Å². The van der Waals surface area contributed by atoms with E-state index >= 15 is 0 Å². The van der Waals surface area contributed by atoms with E-state index in [4.69, 9.17) is 21.4 Å². The third kappa shape index (κ3) is 14.5. The number of carbonyl (C=O) groups is 2. The maximum absolute atomic E-state index is 13.0. The van der Waals surface area contributed by atoms with Crippen LogP contribution in [0.25, 0.3) is 33.2 Å². The number of hydrogen-bond acceptors (Lipinski definition) is 9. The van der Waals surface area contributed by atoms with E-state index in [2.05, 4.69) is 143 Å². The number of amides is 2. The van der Waals surface area contributed by atoms with Crippen molar-refractivity contribution in [2.75, 3.05) is 37.2 Å². The highest BCUT2D eigenvalue weighted by Gasteiger charge is 2.37. The normalized spacial score (nSPS) is 16.7. The second kappa shape index (κ2) is 24.3. The fraction of sp³-hybridized carbons (Fsp3) is 0.422. The van der Waals surface area contributed by atoms with Crippen LogP contribution in [0.2, 0.25) is 0 Å². The number of anilines is 2. The van der Waals surface area contributed by atoms with Crippen molar-refractivity contribution < 1.29 is 14.2 Å². The lowest BCUT2D eigenvalue weighted by Crippen LogP contribution is -2.54. The van der Waals surface area contributed by atoms with Crippen LogP contribution in [0, 0.1) is 13.8 Å². The molecule has 12 nitrogen and oxygen atoms in total. The number of unbranched alkanes of at least 4 members (excludes halogenated alkanes) is 6. The summed E-state index contributed by atoms with van der Waals surface area (Å²) < 4.78 is 2.35. The number of nitrogen functional groups attached to an aromatic ring is 1. The Hall–Kier alpha value is -7.05. The van der Waals surface area contributed by atoms with Gasteiger partial charge in [-0.3, -0.25) is 14.6 Å². The largest absolute Gasteiger partial charge is 0.402 e. The van der Waals surface area contributed by atoms with Gasteiger partial charge in [0.15, 0.2) is 5.54 Å². The van der Waals surface area contributed by atoms with Gasteiger partial charge in [0, 0.05) is 105 Å². The van der Waals surface area contributed by atoms with Crippen LogP contribution in [-0.2, 0) is 5.54 Å². The highest BCUT2D eigenvalue weighted by atomic mass is 16.2. The summed E-state index contributed by atoms with van der Waals surface area (Å²) in [6.45, 7) is 31.0. The molecule has 0 bridgehead atoms. The highest BCUT2D eigenvalue weighted by molar-refractivity contribution is 6.12. The number of aromatic nitrogens is 2. The van der Waals surface area contributed by atoms with Crippen LogP contribution in [-0.4, -0.2) is 59.8 Å². The van der Waals surface area contributed by atoms with E-state index in [1.165, 1.54) is 5.56 Å². The molecule has 0 saturated carbocycles. The molecular weight excluding hydrogens is 941 g/mol. The average molecular weight is 1030 g/mol. The van der Waals surface area contributed by atoms with Crippen molar-refractivity contribution >= 4 is 51.0 Å². The molecule has 0 fully saturated rings. The van der Waals surface area contributed by atoms with Crippen molar-refractivity contribution in [1.29, 1.82) is 0 Å². The zero-order chi connectivity index (χ0) is 55.0. The summed E-state index contributed by atoms with van der Waals surface area (Å²) in [7, 11) is 0. The van der Waals surface area contributed by atoms with Gasteiger partial charge in [-0.2, -0.15) is 4.57 Å². The summed E-state index contributed by atoms with van der Waals surface area (Å²) >= 11 is 0. The van der Waals surface area contributed by atoms with E-state index in [1.807, 2.05) is 62.4 Å². The monoisotopic (exact) mass is 1030 g/mol. The van der Waals surface area contributed by atoms with Crippen molar-refractivity contribution in [3.8, 4) is 11.1 Å². The molecule has 2 amide bonds. The third-order valence-corrected chi connectivity index (χ3v) is 14.4. The van der Waals surface area contributed by atoms with Crippen LogP contribution in [0.1, 0.15) is 152 Å². The average Bonchev–Trinajstić information content (AvgIpc) is 3.35. The molecule has 1 heterocycles. The fourth-order valence-electron chi connectivity index (χ4n) is 10.3. The van der Waals surface area contributed by atoms with Crippen LogP contribution < -0.4 is 42.6 Å². The number of fused-ring (bicyclic) bond motifs is 2. The Morgan fingerprint density at radius 3 is 1.72 bits per heavy atom. The van der Waals surface area contributed by atoms with Gasteiger partial charge in [0.25, 0.3) is 11.8 Å². The van der Waals surface area contributed by atoms with Gasteiger partial charge in [-0.15, -0.1) is 0 Å².